The fraction of sp³-hybridized carbons (Fsp3) is 0.353. The van der Waals surface area contributed by atoms with Crippen LogP contribution in [-0.2, 0) is 6.54 Å². The normalized spacial score (nSPS) is 17.3. The molecular weight excluding hydrogens is 545 g/mol. The van der Waals surface area contributed by atoms with Crippen molar-refractivity contribution in [2.24, 2.45) is 11.5 Å². The molecule has 2 aromatic carbocycles. The van der Waals surface area contributed by atoms with Crippen LogP contribution >= 0.6 is 0 Å². The van der Waals surface area contributed by atoms with E-state index in [1.54, 1.807) is 49.4 Å². The highest BCUT2D eigenvalue weighted by Crippen LogP contribution is 2.29. The largest absolute Gasteiger partial charge is 0.457 e. The van der Waals surface area contributed by atoms with Gasteiger partial charge in [-0.25, -0.2) is 4.39 Å². The summed E-state index contributed by atoms with van der Waals surface area (Å²) in [6, 6.07) is 15.5. The molecule has 5 N–H and O–H groups in total. The van der Waals surface area contributed by atoms with Crippen LogP contribution in [0.3, 0.4) is 0 Å². The lowest BCUT2D eigenvalue weighted by Gasteiger charge is -2.36. The summed E-state index contributed by atoms with van der Waals surface area (Å²) in [6.45, 7) is 3.86. The average Bonchev–Trinajstić information content (AvgIpc) is 3.54. The van der Waals surface area contributed by atoms with Crippen molar-refractivity contribution in [3.63, 3.8) is 0 Å². The number of amides is 1. The van der Waals surface area contributed by atoms with Crippen LogP contribution < -0.4 is 27.1 Å². The van der Waals surface area contributed by atoms with E-state index < -0.39 is 5.82 Å². The SMILES string of the molecule is C/C(N)=C/C=C(\N)c1ccc(Oc2cc(C(=O)NC3CCN(C4CCCC4)CC3)ccc2Cn2cc(F)ccc2=O)cc1. The summed E-state index contributed by atoms with van der Waals surface area (Å²) in [6.07, 6.45) is 11.7. The molecule has 43 heavy (non-hydrogen) atoms. The molecule has 0 spiro atoms. The molecule has 0 atom stereocenters. The number of allylic oxidation sites excluding steroid dienone is 3. The summed E-state index contributed by atoms with van der Waals surface area (Å²) in [5.74, 6) is 0.234. The molecule has 1 aromatic heterocycles. The van der Waals surface area contributed by atoms with Crippen LogP contribution in [0.5, 0.6) is 11.5 Å². The number of aromatic nitrogens is 1. The van der Waals surface area contributed by atoms with Crippen LogP contribution in [0.4, 0.5) is 4.39 Å². The second-order valence-corrected chi connectivity index (χ2v) is 11.5. The molecule has 8 nitrogen and oxygen atoms in total. The van der Waals surface area contributed by atoms with Gasteiger partial charge in [-0.3, -0.25) is 9.59 Å². The molecule has 1 saturated carbocycles. The van der Waals surface area contributed by atoms with Gasteiger partial charge in [-0.2, -0.15) is 0 Å². The minimum atomic E-state index is -0.516. The molecule has 9 heteroatoms. The van der Waals surface area contributed by atoms with E-state index in [0.29, 0.717) is 40.1 Å². The Labute approximate surface area is 251 Å². The van der Waals surface area contributed by atoms with Crippen molar-refractivity contribution in [1.29, 1.82) is 0 Å². The summed E-state index contributed by atoms with van der Waals surface area (Å²) in [4.78, 5) is 28.3. The first-order valence-corrected chi connectivity index (χ1v) is 15.0. The molecule has 2 fully saturated rings. The number of ether oxygens (including phenoxy) is 1. The highest BCUT2D eigenvalue weighted by Gasteiger charge is 2.28. The zero-order valence-corrected chi connectivity index (χ0v) is 24.6. The lowest BCUT2D eigenvalue weighted by Crippen LogP contribution is -2.47. The van der Waals surface area contributed by atoms with Crippen LogP contribution in [0.2, 0.25) is 0 Å². The van der Waals surface area contributed by atoms with Gasteiger partial charge < -0.3 is 31.0 Å². The summed E-state index contributed by atoms with van der Waals surface area (Å²) < 4.78 is 21.5. The van der Waals surface area contributed by atoms with Crippen molar-refractivity contribution in [2.45, 2.75) is 64.1 Å². The Morgan fingerprint density at radius 3 is 2.37 bits per heavy atom. The number of nitrogens with zero attached hydrogens (tertiary/aromatic N) is 2. The molecule has 1 amide bonds. The van der Waals surface area contributed by atoms with E-state index in [0.717, 1.165) is 43.8 Å². The second-order valence-electron chi connectivity index (χ2n) is 11.5. The number of piperidine rings is 1. The Morgan fingerprint density at radius 1 is 0.977 bits per heavy atom. The Balaban J connectivity index is 1.34. The van der Waals surface area contributed by atoms with Crippen LogP contribution in [0.1, 0.15) is 66.9 Å². The highest BCUT2D eigenvalue weighted by molar-refractivity contribution is 5.95. The zero-order valence-electron chi connectivity index (χ0n) is 24.6. The van der Waals surface area contributed by atoms with Crippen LogP contribution in [-0.4, -0.2) is 40.5 Å². The first-order chi connectivity index (χ1) is 20.7. The third-order valence-electron chi connectivity index (χ3n) is 8.26. The number of nitrogens with two attached hydrogens (primary N) is 2. The first-order valence-electron chi connectivity index (χ1n) is 15.0. The molecule has 1 saturated heterocycles. The maximum absolute atomic E-state index is 13.9. The van der Waals surface area contributed by atoms with Gasteiger partial charge in [-0.15, -0.1) is 0 Å². The Kier molecular flexibility index (Phi) is 9.61. The molecule has 3 aromatic rings. The van der Waals surface area contributed by atoms with Crippen molar-refractivity contribution >= 4 is 11.6 Å². The average molecular weight is 586 g/mol. The molecule has 0 unspecified atom stereocenters. The summed E-state index contributed by atoms with van der Waals surface area (Å²) in [5, 5.41) is 3.20. The summed E-state index contributed by atoms with van der Waals surface area (Å²) in [5.41, 5.74) is 14.6. The molecule has 1 aliphatic heterocycles. The van der Waals surface area contributed by atoms with Gasteiger partial charge in [-0.05, 0) is 92.8 Å². The first kappa shape index (κ1) is 30.1. The third-order valence-corrected chi connectivity index (χ3v) is 8.26. The number of carbonyl (C=O) groups is 1. The Morgan fingerprint density at radius 2 is 1.67 bits per heavy atom. The molecule has 0 bridgehead atoms. The highest BCUT2D eigenvalue weighted by atomic mass is 19.1. The number of pyridine rings is 1. The Bertz CT molecular complexity index is 1540. The summed E-state index contributed by atoms with van der Waals surface area (Å²) in [7, 11) is 0. The van der Waals surface area contributed by atoms with Gasteiger partial charge in [0.15, 0.2) is 0 Å². The van der Waals surface area contributed by atoms with Crippen molar-refractivity contribution in [3.8, 4) is 11.5 Å². The van der Waals surface area contributed by atoms with E-state index >= 15 is 0 Å². The molecule has 1 aliphatic carbocycles. The quantitative estimate of drug-likeness (QED) is 0.300. The smallest absolute Gasteiger partial charge is 0.251 e. The number of halogens is 1. The van der Waals surface area contributed by atoms with Gasteiger partial charge in [0.1, 0.15) is 17.3 Å². The van der Waals surface area contributed by atoms with E-state index in [9.17, 15) is 14.0 Å². The summed E-state index contributed by atoms with van der Waals surface area (Å²) >= 11 is 0. The maximum atomic E-state index is 13.9. The van der Waals surface area contributed by atoms with E-state index in [2.05, 4.69) is 10.2 Å². The van der Waals surface area contributed by atoms with Gasteiger partial charge in [0, 0.05) is 60.0 Å². The van der Waals surface area contributed by atoms with Crippen LogP contribution in [0.15, 0.2) is 83.4 Å². The fourth-order valence-corrected chi connectivity index (χ4v) is 5.84. The standard InChI is InChI=1S/C34H40FN5O3/c1-23(36)6-14-31(37)24-9-12-30(13-10-24)43-32-20-25(7-8-26(32)21-40-22-27(35)11-15-33(40)41)34(42)38-28-16-18-39(19-17-28)29-4-2-3-5-29/h6-15,20,22,28-29H,2-5,16-19,21,36-37H2,1H3,(H,38,42)/b23-6-,31-14-. The predicted molar refractivity (Wildman–Crippen MR) is 167 cm³/mol. The maximum Gasteiger partial charge on any atom is 0.251 e. The van der Waals surface area contributed by atoms with E-state index in [1.807, 2.05) is 12.1 Å². The minimum Gasteiger partial charge on any atom is -0.457 e. The van der Waals surface area contributed by atoms with E-state index in [-0.39, 0.29) is 24.1 Å². The number of hydrogen-bond acceptors (Lipinski definition) is 6. The number of carbonyl (C=O) groups excluding carboxylic acids is 1. The zero-order chi connectivity index (χ0) is 30.3. The number of hydrogen-bond donors (Lipinski definition) is 3. The van der Waals surface area contributed by atoms with Crippen LogP contribution in [0, 0.1) is 5.82 Å². The number of nitrogens with one attached hydrogen (secondary N) is 1. The van der Waals surface area contributed by atoms with Crippen molar-refractivity contribution in [3.05, 3.63) is 112 Å². The molecule has 5 rings (SSSR count). The van der Waals surface area contributed by atoms with Crippen molar-refractivity contribution < 1.29 is 13.9 Å². The van der Waals surface area contributed by atoms with Crippen LogP contribution in [0.25, 0.3) is 5.70 Å². The number of rotatable bonds is 9. The molecule has 2 heterocycles. The van der Waals surface area contributed by atoms with E-state index in [4.69, 9.17) is 16.2 Å². The molecule has 0 radical (unpaired) electrons. The van der Waals surface area contributed by atoms with Crippen molar-refractivity contribution in [1.82, 2.24) is 14.8 Å². The number of likely N-dealkylation sites (tertiary alicyclic amines) is 1. The monoisotopic (exact) mass is 585 g/mol. The lowest BCUT2D eigenvalue weighted by molar-refractivity contribution is 0.0892. The van der Waals surface area contributed by atoms with Crippen molar-refractivity contribution in [2.75, 3.05) is 13.1 Å². The lowest BCUT2D eigenvalue weighted by atomic mass is 10.0. The van der Waals surface area contributed by atoms with Gasteiger partial charge in [0.2, 0.25) is 0 Å². The predicted octanol–water partition coefficient (Wildman–Crippen LogP) is 5.13. The third kappa shape index (κ3) is 7.93. The molecule has 226 valence electrons. The van der Waals surface area contributed by atoms with Gasteiger partial charge in [0.25, 0.3) is 11.5 Å². The van der Waals surface area contributed by atoms with E-state index in [1.165, 1.54) is 36.3 Å². The van der Waals surface area contributed by atoms with Gasteiger partial charge >= 0.3 is 0 Å². The fourth-order valence-electron chi connectivity index (χ4n) is 5.84. The van der Waals surface area contributed by atoms with Gasteiger partial charge in [0.05, 0.1) is 6.54 Å². The molecular formula is C34H40FN5O3. The minimum absolute atomic E-state index is 0.0754. The Hall–Kier alpha value is -4.37. The second kappa shape index (κ2) is 13.7. The van der Waals surface area contributed by atoms with Gasteiger partial charge in [-0.1, -0.05) is 18.9 Å². The topological polar surface area (TPSA) is 116 Å². The number of benzene rings is 2. The molecule has 2 aliphatic rings.